The molecule has 174 valence electrons. The summed E-state index contributed by atoms with van der Waals surface area (Å²) in [6.45, 7) is 2.54. The molecule has 2 atom stereocenters. The highest BCUT2D eigenvalue weighted by Gasteiger charge is 2.41. The zero-order chi connectivity index (χ0) is 23.0. The topological polar surface area (TPSA) is 88.2 Å². The number of carbonyl (C=O) groups is 3. The molecule has 0 spiro atoms. The van der Waals surface area contributed by atoms with Crippen LogP contribution in [0.5, 0.6) is 0 Å². The number of alkyl carbamates (subject to hydrolysis) is 1. The molecule has 2 heterocycles. The third-order valence-corrected chi connectivity index (χ3v) is 6.00. The first-order valence-electron chi connectivity index (χ1n) is 11.3. The summed E-state index contributed by atoms with van der Waals surface area (Å²) >= 11 is 0. The zero-order valence-corrected chi connectivity index (χ0v) is 18.5. The Morgan fingerprint density at radius 3 is 2.27 bits per heavy atom. The third kappa shape index (κ3) is 5.90. The number of hydrogen-bond acceptors (Lipinski definition) is 5. The molecule has 0 aromatic heterocycles. The lowest BCUT2D eigenvalue weighted by Crippen LogP contribution is -2.54. The number of hydrogen-bond donors (Lipinski definition) is 1. The van der Waals surface area contributed by atoms with Crippen LogP contribution in [-0.4, -0.2) is 72.6 Å². The third-order valence-electron chi connectivity index (χ3n) is 6.00. The van der Waals surface area contributed by atoms with Crippen LogP contribution >= 0.6 is 0 Å². The van der Waals surface area contributed by atoms with Crippen molar-refractivity contribution >= 4 is 17.9 Å². The van der Waals surface area contributed by atoms with Gasteiger partial charge in [0.1, 0.15) is 18.7 Å². The fourth-order valence-corrected chi connectivity index (χ4v) is 4.22. The standard InChI is InChI=1S/C25H29N3O5/c29-23-21(26-25(31)33-18-20-9-5-2-6-10-20)11-12-28(23)22(17-19-7-3-1-4-8-19)24(30)27-13-15-32-16-14-27/h1-10,21-22H,11-18H2,(H,26,31)/t21-,22-/m0/s1. The van der Waals surface area contributed by atoms with E-state index < -0.39 is 18.2 Å². The average molecular weight is 452 g/mol. The van der Waals surface area contributed by atoms with E-state index in [9.17, 15) is 14.4 Å². The van der Waals surface area contributed by atoms with Crippen LogP contribution in [0, 0.1) is 0 Å². The Bertz CT molecular complexity index is 947. The van der Waals surface area contributed by atoms with Gasteiger partial charge < -0.3 is 24.6 Å². The van der Waals surface area contributed by atoms with Crippen LogP contribution in [0.3, 0.4) is 0 Å². The number of benzene rings is 2. The summed E-state index contributed by atoms with van der Waals surface area (Å²) in [4.78, 5) is 42.2. The number of ether oxygens (including phenoxy) is 2. The van der Waals surface area contributed by atoms with E-state index in [1.165, 1.54) is 0 Å². The summed E-state index contributed by atoms with van der Waals surface area (Å²) in [5.41, 5.74) is 1.85. The number of nitrogens with one attached hydrogen (secondary N) is 1. The van der Waals surface area contributed by atoms with Crippen LogP contribution in [0.1, 0.15) is 17.5 Å². The molecule has 2 saturated heterocycles. The first-order chi connectivity index (χ1) is 16.1. The van der Waals surface area contributed by atoms with Crippen LogP contribution < -0.4 is 5.32 Å². The summed E-state index contributed by atoms with van der Waals surface area (Å²) in [5.74, 6) is -0.336. The molecular formula is C25H29N3O5. The summed E-state index contributed by atoms with van der Waals surface area (Å²) in [7, 11) is 0. The van der Waals surface area contributed by atoms with E-state index in [0.29, 0.717) is 45.7 Å². The van der Waals surface area contributed by atoms with Crippen molar-refractivity contribution in [2.75, 3.05) is 32.8 Å². The molecule has 2 aliphatic heterocycles. The van der Waals surface area contributed by atoms with Gasteiger partial charge in [0, 0.05) is 26.1 Å². The number of likely N-dealkylation sites (tertiary alicyclic amines) is 1. The van der Waals surface area contributed by atoms with E-state index >= 15 is 0 Å². The van der Waals surface area contributed by atoms with Crippen LogP contribution in [-0.2, 0) is 32.1 Å². The van der Waals surface area contributed by atoms with E-state index in [4.69, 9.17) is 9.47 Å². The van der Waals surface area contributed by atoms with Crippen molar-refractivity contribution in [3.8, 4) is 0 Å². The van der Waals surface area contributed by atoms with Crippen molar-refractivity contribution in [2.24, 2.45) is 0 Å². The van der Waals surface area contributed by atoms with Crippen LogP contribution in [0.2, 0.25) is 0 Å². The van der Waals surface area contributed by atoms with Gasteiger partial charge in [0.2, 0.25) is 11.8 Å². The molecule has 0 bridgehead atoms. The van der Waals surface area contributed by atoms with Gasteiger partial charge in [-0.15, -0.1) is 0 Å². The van der Waals surface area contributed by atoms with Gasteiger partial charge in [0.15, 0.2) is 0 Å². The molecule has 8 nitrogen and oxygen atoms in total. The summed E-state index contributed by atoms with van der Waals surface area (Å²) < 4.78 is 10.6. The van der Waals surface area contributed by atoms with Crippen molar-refractivity contribution < 1.29 is 23.9 Å². The molecule has 0 radical (unpaired) electrons. The largest absolute Gasteiger partial charge is 0.445 e. The Kier molecular flexibility index (Phi) is 7.57. The van der Waals surface area contributed by atoms with Crippen molar-refractivity contribution in [1.82, 2.24) is 15.1 Å². The molecule has 0 unspecified atom stereocenters. The van der Waals surface area contributed by atoms with Crippen molar-refractivity contribution in [3.63, 3.8) is 0 Å². The molecule has 0 aliphatic carbocycles. The maximum absolute atomic E-state index is 13.4. The van der Waals surface area contributed by atoms with Gasteiger partial charge in [0.05, 0.1) is 13.2 Å². The second kappa shape index (κ2) is 11.0. The smallest absolute Gasteiger partial charge is 0.408 e. The fourth-order valence-electron chi connectivity index (χ4n) is 4.22. The van der Waals surface area contributed by atoms with Crippen molar-refractivity contribution in [3.05, 3.63) is 71.8 Å². The second-order valence-electron chi connectivity index (χ2n) is 8.22. The van der Waals surface area contributed by atoms with Gasteiger partial charge in [0.25, 0.3) is 0 Å². The maximum Gasteiger partial charge on any atom is 0.408 e. The highest BCUT2D eigenvalue weighted by Crippen LogP contribution is 2.20. The molecule has 1 N–H and O–H groups in total. The first-order valence-corrected chi connectivity index (χ1v) is 11.3. The normalized spacial score (nSPS) is 19.3. The number of nitrogens with zero attached hydrogens (tertiary/aromatic N) is 2. The zero-order valence-electron chi connectivity index (χ0n) is 18.5. The van der Waals surface area contributed by atoms with Crippen molar-refractivity contribution in [1.29, 1.82) is 0 Å². The fraction of sp³-hybridized carbons (Fsp3) is 0.400. The Balaban J connectivity index is 1.40. The molecule has 2 aromatic rings. The Morgan fingerprint density at radius 2 is 1.61 bits per heavy atom. The van der Waals surface area contributed by atoms with Gasteiger partial charge in [-0.05, 0) is 17.5 Å². The Labute approximate surface area is 193 Å². The predicted molar refractivity (Wildman–Crippen MR) is 121 cm³/mol. The van der Waals surface area contributed by atoms with Crippen molar-refractivity contribution in [2.45, 2.75) is 31.5 Å². The monoisotopic (exact) mass is 451 g/mol. The minimum Gasteiger partial charge on any atom is -0.445 e. The maximum atomic E-state index is 13.4. The Morgan fingerprint density at radius 1 is 0.970 bits per heavy atom. The highest BCUT2D eigenvalue weighted by atomic mass is 16.5. The summed E-state index contributed by atoms with van der Waals surface area (Å²) in [5, 5.41) is 2.67. The lowest BCUT2D eigenvalue weighted by atomic mass is 10.0. The van der Waals surface area contributed by atoms with E-state index in [-0.39, 0.29) is 18.4 Å². The van der Waals surface area contributed by atoms with Gasteiger partial charge in [-0.3, -0.25) is 9.59 Å². The van der Waals surface area contributed by atoms with E-state index in [0.717, 1.165) is 11.1 Å². The average Bonchev–Trinajstić information content (AvgIpc) is 3.22. The number of carbonyl (C=O) groups excluding carboxylic acids is 3. The van der Waals surface area contributed by atoms with Gasteiger partial charge in [-0.25, -0.2) is 4.79 Å². The number of rotatable bonds is 7. The molecule has 0 saturated carbocycles. The molecule has 8 heteroatoms. The predicted octanol–water partition coefficient (Wildman–Crippen LogP) is 1.98. The molecule has 3 amide bonds. The number of amides is 3. The first kappa shape index (κ1) is 22.8. The quantitative estimate of drug-likeness (QED) is 0.696. The lowest BCUT2D eigenvalue weighted by molar-refractivity contribution is -0.146. The van der Waals surface area contributed by atoms with Gasteiger partial charge >= 0.3 is 6.09 Å². The van der Waals surface area contributed by atoms with E-state index in [1.807, 2.05) is 60.7 Å². The highest BCUT2D eigenvalue weighted by molar-refractivity contribution is 5.93. The summed E-state index contributed by atoms with van der Waals surface area (Å²) in [6.07, 6.45) is 0.215. The summed E-state index contributed by atoms with van der Waals surface area (Å²) in [6, 6.07) is 17.7. The second-order valence-corrected chi connectivity index (χ2v) is 8.22. The van der Waals surface area contributed by atoms with E-state index in [1.54, 1.807) is 9.80 Å². The Hall–Kier alpha value is -3.39. The molecule has 4 rings (SSSR count). The van der Waals surface area contributed by atoms with Crippen LogP contribution in [0.4, 0.5) is 4.79 Å². The molecule has 2 fully saturated rings. The lowest BCUT2D eigenvalue weighted by Gasteiger charge is -2.34. The van der Waals surface area contributed by atoms with Gasteiger partial charge in [-0.2, -0.15) is 0 Å². The van der Waals surface area contributed by atoms with Crippen LogP contribution in [0.15, 0.2) is 60.7 Å². The van der Waals surface area contributed by atoms with E-state index in [2.05, 4.69) is 5.32 Å². The minimum atomic E-state index is -0.705. The SMILES string of the molecule is O=C(N[C@H]1CCN([C@@H](Cc2ccccc2)C(=O)N2CCOCC2)C1=O)OCc1ccccc1. The molecular weight excluding hydrogens is 422 g/mol. The minimum absolute atomic E-state index is 0.0807. The van der Waals surface area contributed by atoms with Gasteiger partial charge in [-0.1, -0.05) is 60.7 Å². The van der Waals surface area contributed by atoms with Crippen LogP contribution in [0.25, 0.3) is 0 Å². The molecule has 33 heavy (non-hydrogen) atoms. The molecule has 2 aromatic carbocycles. The molecule has 2 aliphatic rings. The number of morpholine rings is 1.